The summed E-state index contributed by atoms with van der Waals surface area (Å²) in [7, 11) is 0. The highest BCUT2D eigenvalue weighted by Crippen LogP contribution is 2.34. The van der Waals surface area contributed by atoms with Gasteiger partial charge in [0, 0.05) is 6.54 Å². The summed E-state index contributed by atoms with van der Waals surface area (Å²) in [6.07, 6.45) is -6.52. The van der Waals surface area contributed by atoms with Gasteiger partial charge in [-0.3, -0.25) is 9.59 Å². The van der Waals surface area contributed by atoms with E-state index in [1.54, 1.807) is 0 Å². The lowest BCUT2D eigenvalue weighted by molar-refractivity contribution is -0.192. The van der Waals surface area contributed by atoms with Crippen molar-refractivity contribution in [3.8, 4) is 5.75 Å². The minimum Gasteiger partial charge on any atom is -0.481 e. The minimum atomic E-state index is -5.08. The lowest BCUT2D eigenvalue weighted by Gasteiger charge is -2.24. The van der Waals surface area contributed by atoms with Crippen molar-refractivity contribution in [1.82, 2.24) is 5.32 Å². The number of amides is 2. The van der Waals surface area contributed by atoms with Gasteiger partial charge >= 0.3 is 24.2 Å². The van der Waals surface area contributed by atoms with E-state index in [1.165, 1.54) is 0 Å². The fourth-order valence-electron chi connectivity index (χ4n) is 2.69. The monoisotopic (exact) mass is 493 g/mol. The summed E-state index contributed by atoms with van der Waals surface area (Å²) in [5.41, 5.74) is 11.0. The summed E-state index contributed by atoms with van der Waals surface area (Å²) in [5, 5.41) is 18.5. The third-order valence-corrected chi connectivity index (χ3v) is 4.56. The molecule has 10 nitrogen and oxygen atoms in total. The number of alkyl halides is 3. The molecule has 1 rings (SSSR count). The molecule has 0 bridgehead atoms. The van der Waals surface area contributed by atoms with Crippen molar-refractivity contribution in [3.63, 3.8) is 0 Å². The van der Waals surface area contributed by atoms with E-state index in [9.17, 15) is 27.6 Å². The van der Waals surface area contributed by atoms with Crippen LogP contribution < -0.4 is 21.5 Å². The zero-order chi connectivity index (χ0) is 26.9. The second-order valence-corrected chi connectivity index (χ2v) is 8.04. The molecule has 1 aromatic carbocycles. The van der Waals surface area contributed by atoms with Gasteiger partial charge in [-0.15, -0.1) is 0 Å². The fraction of sp³-hybridized carbons (Fsp3) is 0.524. The standard InChI is InChI=1S/C19H29N3O5.C2HF3O2/c1-11(2)13-6-5-7-14(12(3)4)16(13)27-18(26)22-9-8-19(21,17(20)25)10-15(23)24;3-2(4,5)1(6)7/h5-7,11-12H,8-10,21H2,1-4H3,(H2,20,25)(H,22,26)(H,23,24);(H,6,7)/t19-;/m0./s1. The van der Waals surface area contributed by atoms with Crippen LogP contribution in [0.3, 0.4) is 0 Å². The van der Waals surface area contributed by atoms with Crippen LogP contribution in [-0.2, 0) is 14.4 Å². The lowest BCUT2D eigenvalue weighted by Crippen LogP contribution is -2.55. The Morgan fingerprint density at radius 1 is 1.03 bits per heavy atom. The highest BCUT2D eigenvalue weighted by Gasteiger charge is 2.38. The Balaban J connectivity index is 0.00000135. The molecule has 7 N–H and O–H groups in total. The summed E-state index contributed by atoms with van der Waals surface area (Å²) in [6, 6.07) is 5.74. The molecule has 1 atom stereocenters. The number of rotatable bonds is 9. The van der Waals surface area contributed by atoms with E-state index in [1.807, 2.05) is 45.9 Å². The number of hydrogen-bond donors (Lipinski definition) is 5. The highest BCUT2D eigenvalue weighted by molar-refractivity contribution is 5.89. The number of carboxylic acid groups (broad SMARTS) is 2. The molecule has 1 aromatic rings. The molecule has 0 aliphatic carbocycles. The van der Waals surface area contributed by atoms with Gasteiger partial charge in [0.25, 0.3) is 0 Å². The Kier molecular flexibility index (Phi) is 11.5. The van der Waals surface area contributed by atoms with Gasteiger partial charge in [0.2, 0.25) is 5.91 Å². The smallest absolute Gasteiger partial charge is 0.481 e. The van der Waals surface area contributed by atoms with Gasteiger partial charge in [0.1, 0.15) is 11.3 Å². The first-order chi connectivity index (χ1) is 15.4. The Bertz CT molecular complexity index is 863. The van der Waals surface area contributed by atoms with Crippen LogP contribution in [0.5, 0.6) is 5.75 Å². The maximum atomic E-state index is 12.2. The Morgan fingerprint density at radius 2 is 1.47 bits per heavy atom. The molecule has 0 saturated carbocycles. The predicted octanol–water partition coefficient (Wildman–Crippen LogP) is 2.70. The molecule has 0 spiro atoms. The van der Waals surface area contributed by atoms with Crippen LogP contribution in [0.15, 0.2) is 18.2 Å². The van der Waals surface area contributed by atoms with E-state index in [4.69, 9.17) is 31.2 Å². The van der Waals surface area contributed by atoms with Gasteiger partial charge in [-0.25, -0.2) is 9.59 Å². The van der Waals surface area contributed by atoms with Crippen LogP contribution in [0.4, 0.5) is 18.0 Å². The van der Waals surface area contributed by atoms with Crippen molar-refractivity contribution in [1.29, 1.82) is 0 Å². The molecule has 0 radical (unpaired) electrons. The van der Waals surface area contributed by atoms with Crippen LogP contribution >= 0.6 is 0 Å². The van der Waals surface area contributed by atoms with E-state index < -0.39 is 42.1 Å². The van der Waals surface area contributed by atoms with E-state index in [2.05, 4.69) is 5.32 Å². The number of nitrogens with one attached hydrogen (secondary N) is 1. The first-order valence-electron chi connectivity index (χ1n) is 10.1. The number of carbonyl (C=O) groups is 4. The topological polar surface area (TPSA) is 182 Å². The minimum absolute atomic E-state index is 0.0492. The molecular formula is C21H30F3N3O7. The second-order valence-electron chi connectivity index (χ2n) is 8.04. The first kappa shape index (κ1) is 30.6. The van der Waals surface area contributed by atoms with Crippen LogP contribution in [0.2, 0.25) is 0 Å². The molecule has 0 aliphatic heterocycles. The van der Waals surface area contributed by atoms with Crippen molar-refractivity contribution >= 4 is 23.9 Å². The first-order valence-corrected chi connectivity index (χ1v) is 10.1. The van der Waals surface area contributed by atoms with Crippen molar-refractivity contribution in [2.75, 3.05) is 6.54 Å². The lowest BCUT2D eigenvalue weighted by atomic mass is 9.91. The number of benzene rings is 1. The number of hydrogen-bond acceptors (Lipinski definition) is 6. The molecule has 0 fully saturated rings. The number of aliphatic carboxylic acids is 2. The normalized spacial score (nSPS) is 12.9. The highest BCUT2D eigenvalue weighted by atomic mass is 19.4. The van der Waals surface area contributed by atoms with E-state index in [-0.39, 0.29) is 24.8 Å². The molecule has 0 unspecified atom stereocenters. The molecule has 0 saturated heterocycles. The molecule has 192 valence electrons. The molecule has 34 heavy (non-hydrogen) atoms. The van der Waals surface area contributed by atoms with Crippen molar-refractivity contribution in [2.45, 2.75) is 64.1 Å². The maximum Gasteiger partial charge on any atom is 0.490 e. The zero-order valence-electron chi connectivity index (χ0n) is 19.2. The molecular weight excluding hydrogens is 463 g/mol. The third-order valence-electron chi connectivity index (χ3n) is 4.56. The molecule has 0 aromatic heterocycles. The summed E-state index contributed by atoms with van der Waals surface area (Å²) in [5.74, 6) is -4.10. The maximum absolute atomic E-state index is 12.2. The summed E-state index contributed by atoms with van der Waals surface area (Å²) in [4.78, 5) is 43.4. The largest absolute Gasteiger partial charge is 0.490 e. The Morgan fingerprint density at radius 3 is 1.79 bits per heavy atom. The predicted molar refractivity (Wildman–Crippen MR) is 115 cm³/mol. The van der Waals surface area contributed by atoms with Gasteiger partial charge in [0.15, 0.2) is 0 Å². The number of nitrogens with two attached hydrogens (primary N) is 2. The van der Waals surface area contributed by atoms with Crippen LogP contribution in [0.25, 0.3) is 0 Å². The number of carbonyl (C=O) groups excluding carboxylic acids is 2. The van der Waals surface area contributed by atoms with Crippen molar-refractivity contribution in [3.05, 3.63) is 29.3 Å². The van der Waals surface area contributed by atoms with Crippen molar-refractivity contribution < 1.29 is 47.3 Å². The van der Waals surface area contributed by atoms with Crippen molar-refractivity contribution in [2.24, 2.45) is 11.5 Å². The number of para-hydroxylation sites is 1. The van der Waals surface area contributed by atoms with Gasteiger partial charge in [-0.1, -0.05) is 45.9 Å². The summed E-state index contributed by atoms with van der Waals surface area (Å²) < 4.78 is 37.3. The zero-order valence-corrected chi connectivity index (χ0v) is 19.2. The summed E-state index contributed by atoms with van der Waals surface area (Å²) in [6.45, 7) is 7.97. The Hall–Kier alpha value is -3.35. The van der Waals surface area contributed by atoms with E-state index in [0.29, 0.717) is 5.75 Å². The molecule has 0 aliphatic rings. The molecule has 2 amide bonds. The van der Waals surface area contributed by atoms with Gasteiger partial charge in [0.05, 0.1) is 6.42 Å². The number of carboxylic acids is 2. The SMILES string of the molecule is CC(C)c1cccc(C(C)C)c1OC(=O)NCC[C@](N)(CC(=O)O)C(N)=O.O=C(O)C(F)(F)F. The third kappa shape index (κ3) is 10.1. The average Bonchev–Trinajstić information content (AvgIpc) is 2.66. The summed E-state index contributed by atoms with van der Waals surface area (Å²) >= 11 is 0. The van der Waals surface area contributed by atoms with Gasteiger partial charge in [-0.2, -0.15) is 13.2 Å². The number of primary amides is 1. The molecule has 13 heteroatoms. The average molecular weight is 493 g/mol. The second kappa shape index (κ2) is 12.8. The van der Waals surface area contributed by atoms with Gasteiger partial charge in [-0.05, 0) is 29.4 Å². The van der Waals surface area contributed by atoms with Crippen LogP contribution in [0.1, 0.15) is 63.5 Å². The van der Waals surface area contributed by atoms with Crippen LogP contribution in [-0.4, -0.2) is 52.4 Å². The van der Waals surface area contributed by atoms with Gasteiger partial charge < -0.3 is 31.7 Å². The number of ether oxygens (including phenoxy) is 1. The Labute approximate surface area is 194 Å². The molecule has 0 heterocycles. The quantitative estimate of drug-likeness (QED) is 0.348. The fourth-order valence-corrected chi connectivity index (χ4v) is 2.69. The van der Waals surface area contributed by atoms with Crippen LogP contribution in [0, 0.1) is 0 Å². The number of halogens is 3. The van der Waals surface area contributed by atoms with E-state index in [0.717, 1.165) is 11.1 Å². The van der Waals surface area contributed by atoms with E-state index >= 15 is 0 Å².